The van der Waals surface area contributed by atoms with Crippen LogP contribution < -0.4 is 5.73 Å². The van der Waals surface area contributed by atoms with E-state index in [1.165, 1.54) is 6.07 Å². The number of alkyl halides is 3. The van der Waals surface area contributed by atoms with Crippen molar-refractivity contribution in [3.05, 3.63) is 42.1 Å². The molecule has 0 saturated carbocycles. The minimum atomic E-state index is -4.42. The Morgan fingerprint density at radius 1 is 1.19 bits per heavy atom. The first-order valence-electron chi connectivity index (χ1n) is 6.12. The predicted molar refractivity (Wildman–Crippen MR) is 73.4 cm³/mol. The topological polar surface area (TPSA) is 56.7 Å². The van der Waals surface area contributed by atoms with Crippen LogP contribution in [0.25, 0.3) is 22.6 Å². The van der Waals surface area contributed by atoms with Gasteiger partial charge in [0, 0.05) is 24.5 Å². The van der Waals surface area contributed by atoms with E-state index in [-0.39, 0.29) is 5.69 Å². The molecule has 0 atom stereocenters. The molecule has 3 aromatic rings. The van der Waals surface area contributed by atoms with Crippen molar-refractivity contribution in [1.82, 2.24) is 14.5 Å². The second kappa shape index (κ2) is 4.47. The zero-order valence-corrected chi connectivity index (χ0v) is 11.0. The molecular weight excluding hydrogens is 281 g/mol. The summed E-state index contributed by atoms with van der Waals surface area (Å²) in [5, 5.41) is 0. The Labute approximate surface area is 118 Å². The number of nitrogen functional groups attached to an aromatic ring is 1. The van der Waals surface area contributed by atoms with Gasteiger partial charge in [-0.15, -0.1) is 0 Å². The molecular formula is C14H11F3N4. The molecule has 4 nitrogen and oxygen atoms in total. The van der Waals surface area contributed by atoms with Crippen molar-refractivity contribution >= 4 is 16.9 Å². The number of hydrogen-bond donors (Lipinski definition) is 1. The summed E-state index contributed by atoms with van der Waals surface area (Å²) >= 11 is 0. The fourth-order valence-corrected chi connectivity index (χ4v) is 2.21. The number of nitrogens with two attached hydrogens (primary N) is 1. The summed E-state index contributed by atoms with van der Waals surface area (Å²) in [4.78, 5) is 8.45. The number of pyridine rings is 1. The fourth-order valence-electron chi connectivity index (χ4n) is 2.21. The Morgan fingerprint density at radius 3 is 2.57 bits per heavy atom. The monoisotopic (exact) mass is 292 g/mol. The maximum Gasteiger partial charge on any atom is 0.416 e. The molecule has 2 N–H and O–H groups in total. The van der Waals surface area contributed by atoms with Gasteiger partial charge in [0.05, 0.1) is 11.1 Å². The molecule has 0 radical (unpaired) electrons. The highest BCUT2D eigenvalue weighted by Gasteiger charge is 2.31. The van der Waals surface area contributed by atoms with Crippen LogP contribution in [0.2, 0.25) is 0 Å². The van der Waals surface area contributed by atoms with Gasteiger partial charge in [-0.3, -0.25) is 0 Å². The Morgan fingerprint density at radius 2 is 1.95 bits per heavy atom. The molecule has 0 spiro atoms. The van der Waals surface area contributed by atoms with Gasteiger partial charge in [0.25, 0.3) is 0 Å². The smallest absolute Gasteiger partial charge is 0.398 e. The van der Waals surface area contributed by atoms with Gasteiger partial charge in [-0.2, -0.15) is 13.2 Å². The Kier molecular flexibility index (Phi) is 2.86. The van der Waals surface area contributed by atoms with Gasteiger partial charge < -0.3 is 10.3 Å². The molecule has 108 valence electrons. The van der Waals surface area contributed by atoms with Crippen molar-refractivity contribution in [2.75, 3.05) is 5.73 Å². The molecule has 21 heavy (non-hydrogen) atoms. The minimum Gasteiger partial charge on any atom is -0.398 e. The van der Waals surface area contributed by atoms with Gasteiger partial charge in [0.15, 0.2) is 5.65 Å². The van der Waals surface area contributed by atoms with Crippen LogP contribution in [0.3, 0.4) is 0 Å². The molecule has 2 heterocycles. The lowest BCUT2D eigenvalue weighted by Crippen LogP contribution is -2.06. The number of rotatable bonds is 1. The van der Waals surface area contributed by atoms with Crippen LogP contribution in [-0.2, 0) is 13.2 Å². The summed E-state index contributed by atoms with van der Waals surface area (Å²) in [7, 11) is 1.77. The molecule has 0 fully saturated rings. The van der Waals surface area contributed by atoms with E-state index in [0.717, 1.165) is 17.6 Å². The van der Waals surface area contributed by atoms with Crippen LogP contribution in [0, 0.1) is 0 Å². The third kappa shape index (κ3) is 2.20. The van der Waals surface area contributed by atoms with E-state index >= 15 is 0 Å². The zero-order chi connectivity index (χ0) is 15.2. The van der Waals surface area contributed by atoms with Gasteiger partial charge in [-0.1, -0.05) is 0 Å². The molecule has 0 aliphatic rings. The van der Waals surface area contributed by atoms with Gasteiger partial charge in [0.1, 0.15) is 5.82 Å². The number of aromatic nitrogens is 3. The summed E-state index contributed by atoms with van der Waals surface area (Å²) < 4.78 is 39.7. The summed E-state index contributed by atoms with van der Waals surface area (Å²) in [6.45, 7) is 0. The van der Waals surface area contributed by atoms with E-state index in [1.54, 1.807) is 23.9 Å². The fraction of sp³-hybridized carbons (Fsp3) is 0.143. The predicted octanol–water partition coefficient (Wildman–Crippen LogP) is 3.24. The molecule has 2 aromatic heterocycles. The molecule has 3 rings (SSSR count). The van der Waals surface area contributed by atoms with Crippen molar-refractivity contribution in [2.45, 2.75) is 6.18 Å². The summed E-state index contributed by atoms with van der Waals surface area (Å²) in [5.74, 6) is 0.481. The van der Waals surface area contributed by atoms with Gasteiger partial charge in [-0.25, -0.2) is 9.97 Å². The molecule has 0 bridgehead atoms. The quantitative estimate of drug-likeness (QED) is 0.700. The Balaban J connectivity index is 2.17. The van der Waals surface area contributed by atoms with Crippen LogP contribution in [0.1, 0.15) is 5.56 Å². The first-order valence-corrected chi connectivity index (χ1v) is 6.12. The first kappa shape index (κ1) is 13.4. The lowest BCUT2D eigenvalue weighted by Gasteiger charge is -2.10. The van der Waals surface area contributed by atoms with Crippen LogP contribution in [0.5, 0.6) is 0 Å². The number of nitrogens with zero attached hydrogens (tertiary/aromatic N) is 3. The van der Waals surface area contributed by atoms with E-state index in [0.29, 0.717) is 17.0 Å². The molecule has 1 aromatic carbocycles. The minimum absolute atomic E-state index is 0.0308. The Hall–Kier alpha value is -2.57. The maximum absolute atomic E-state index is 12.7. The SMILES string of the molecule is Cn1c(-c2ccc(C(F)(F)F)cc2N)nc2ncccc21. The van der Waals surface area contributed by atoms with E-state index < -0.39 is 11.7 Å². The Bertz CT molecular complexity index is 821. The highest BCUT2D eigenvalue weighted by Crippen LogP contribution is 2.34. The third-order valence-corrected chi connectivity index (χ3v) is 3.28. The lowest BCUT2D eigenvalue weighted by molar-refractivity contribution is -0.137. The lowest BCUT2D eigenvalue weighted by atomic mass is 10.1. The maximum atomic E-state index is 12.7. The molecule has 0 unspecified atom stereocenters. The number of imidazole rings is 1. The molecule has 0 amide bonds. The number of benzene rings is 1. The standard InChI is InChI=1S/C14H11F3N4/c1-21-11-3-2-6-19-12(11)20-13(21)9-5-4-8(7-10(9)18)14(15,16)17/h2-7H,18H2,1H3. The number of halogens is 3. The van der Waals surface area contributed by atoms with E-state index in [2.05, 4.69) is 9.97 Å². The molecule has 7 heteroatoms. The van der Waals surface area contributed by atoms with Crippen molar-refractivity contribution in [2.24, 2.45) is 7.05 Å². The first-order chi connectivity index (χ1) is 9.88. The van der Waals surface area contributed by atoms with Gasteiger partial charge in [-0.05, 0) is 30.3 Å². The average Bonchev–Trinajstić information content (AvgIpc) is 2.75. The van der Waals surface area contributed by atoms with Crippen molar-refractivity contribution in [3.63, 3.8) is 0 Å². The molecule has 0 aliphatic heterocycles. The van der Waals surface area contributed by atoms with Crippen molar-refractivity contribution < 1.29 is 13.2 Å². The largest absolute Gasteiger partial charge is 0.416 e. The van der Waals surface area contributed by atoms with E-state index in [1.807, 2.05) is 6.07 Å². The molecule has 0 saturated heterocycles. The highest BCUT2D eigenvalue weighted by atomic mass is 19.4. The van der Waals surface area contributed by atoms with Crippen molar-refractivity contribution in [1.29, 1.82) is 0 Å². The van der Waals surface area contributed by atoms with E-state index in [4.69, 9.17) is 5.73 Å². The summed E-state index contributed by atoms with van der Waals surface area (Å²) in [6, 6.07) is 6.85. The number of anilines is 1. The second-order valence-corrected chi connectivity index (χ2v) is 4.64. The van der Waals surface area contributed by atoms with E-state index in [9.17, 15) is 13.2 Å². The zero-order valence-electron chi connectivity index (χ0n) is 11.0. The van der Waals surface area contributed by atoms with Gasteiger partial charge >= 0.3 is 6.18 Å². The molecule has 0 aliphatic carbocycles. The van der Waals surface area contributed by atoms with Gasteiger partial charge in [0.2, 0.25) is 0 Å². The second-order valence-electron chi connectivity index (χ2n) is 4.64. The van der Waals surface area contributed by atoms with Crippen LogP contribution >= 0.6 is 0 Å². The van der Waals surface area contributed by atoms with Crippen LogP contribution in [0.15, 0.2) is 36.5 Å². The van der Waals surface area contributed by atoms with Crippen molar-refractivity contribution in [3.8, 4) is 11.4 Å². The average molecular weight is 292 g/mol. The third-order valence-electron chi connectivity index (χ3n) is 3.28. The van der Waals surface area contributed by atoms with Crippen LogP contribution in [-0.4, -0.2) is 14.5 Å². The number of hydrogen-bond acceptors (Lipinski definition) is 3. The normalized spacial score (nSPS) is 12.0. The summed E-state index contributed by atoms with van der Waals surface area (Å²) in [5.41, 5.74) is 6.77. The highest BCUT2D eigenvalue weighted by molar-refractivity contribution is 5.81. The number of aryl methyl sites for hydroxylation is 1. The number of fused-ring (bicyclic) bond motifs is 1. The van der Waals surface area contributed by atoms with Crippen LogP contribution in [0.4, 0.5) is 18.9 Å². The summed E-state index contributed by atoms with van der Waals surface area (Å²) in [6.07, 6.45) is -2.81.